The molecule has 1 aromatic rings. The largest absolute Gasteiger partial charge is 0.398 e. The normalized spacial score (nSPS) is 19.1. The van der Waals surface area contributed by atoms with Gasteiger partial charge in [0.15, 0.2) is 0 Å². The quantitative estimate of drug-likeness (QED) is 0.621. The summed E-state index contributed by atoms with van der Waals surface area (Å²) in [5, 5.41) is 2.34. The monoisotopic (exact) mass is 303 g/mol. The molecule has 1 nitrogen and oxygen atoms in total. The molecule has 1 heteroatoms. The molecule has 1 aromatic carbocycles. The van der Waals surface area contributed by atoms with Crippen molar-refractivity contribution >= 4 is 23.9 Å². The predicted octanol–water partition coefficient (Wildman–Crippen LogP) is 3.73. The second-order valence-electron chi connectivity index (χ2n) is 5.63. The van der Waals surface area contributed by atoms with E-state index < -0.39 is 0 Å². The molecule has 0 aromatic heterocycles. The Labute approximate surface area is 139 Å². The van der Waals surface area contributed by atoms with E-state index in [9.17, 15) is 0 Å². The van der Waals surface area contributed by atoms with E-state index in [0.717, 1.165) is 42.2 Å². The Hall–Kier alpha value is -2.46. The van der Waals surface area contributed by atoms with Gasteiger partial charge in [-0.1, -0.05) is 55.9 Å². The Morgan fingerprint density at radius 2 is 2.09 bits per heavy atom. The van der Waals surface area contributed by atoms with Crippen LogP contribution < -0.4 is 16.2 Å². The summed E-state index contributed by atoms with van der Waals surface area (Å²) < 4.78 is 0. The first-order valence-electron chi connectivity index (χ1n) is 8.24. The molecule has 0 radical (unpaired) electrons. The summed E-state index contributed by atoms with van der Waals surface area (Å²) in [4.78, 5) is 0. The first kappa shape index (κ1) is 16.9. The Kier molecular flexibility index (Phi) is 6.06. The highest BCUT2D eigenvalue weighted by atomic mass is 14.6. The lowest BCUT2D eigenvalue weighted by atomic mass is 9.96. The van der Waals surface area contributed by atoms with Crippen LogP contribution in [0.4, 0.5) is 5.69 Å². The molecule has 0 atom stereocenters. The Morgan fingerprint density at radius 3 is 2.83 bits per heavy atom. The molecule has 23 heavy (non-hydrogen) atoms. The van der Waals surface area contributed by atoms with Crippen LogP contribution in [0, 0.1) is 11.8 Å². The number of allylic oxidation sites excluding steroid dienone is 4. The van der Waals surface area contributed by atoms with E-state index >= 15 is 0 Å². The molecule has 0 saturated heterocycles. The van der Waals surface area contributed by atoms with Gasteiger partial charge in [0.2, 0.25) is 0 Å². The number of anilines is 1. The Balaban J connectivity index is 2.68. The summed E-state index contributed by atoms with van der Waals surface area (Å²) in [7, 11) is 0. The van der Waals surface area contributed by atoms with Crippen molar-refractivity contribution in [2.75, 3.05) is 5.73 Å². The summed E-state index contributed by atoms with van der Waals surface area (Å²) in [5.74, 6) is 6.42. The molecule has 0 amide bonds. The van der Waals surface area contributed by atoms with Gasteiger partial charge in [0, 0.05) is 23.7 Å². The molecule has 2 rings (SSSR count). The summed E-state index contributed by atoms with van der Waals surface area (Å²) in [6.07, 6.45) is 16.0. The molecule has 0 heterocycles. The van der Waals surface area contributed by atoms with Gasteiger partial charge in [0.05, 0.1) is 0 Å². The van der Waals surface area contributed by atoms with Crippen LogP contribution in [-0.4, -0.2) is 0 Å². The van der Waals surface area contributed by atoms with Crippen LogP contribution in [0.2, 0.25) is 0 Å². The van der Waals surface area contributed by atoms with E-state index in [1.54, 1.807) is 0 Å². The number of hydrogen-bond acceptors (Lipinski definition) is 1. The fourth-order valence-electron chi connectivity index (χ4n) is 2.77. The molecule has 0 saturated carbocycles. The fraction of sp³-hybridized carbons (Fsp3) is 0.273. The van der Waals surface area contributed by atoms with Crippen molar-refractivity contribution in [1.29, 1.82) is 0 Å². The molecule has 0 fully saturated rings. The first-order chi connectivity index (χ1) is 11.2. The van der Waals surface area contributed by atoms with Crippen molar-refractivity contribution in [1.82, 2.24) is 0 Å². The van der Waals surface area contributed by atoms with Gasteiger partial charge >= 0.3 is 0 Å². The third-order valence-corrected chi connectivity index (χ3v) is 3.96. The maximum atomic E-state index is 6.51. The van der Waals surface area contributed by atoms with E-state index in [2.05, 4.69) is 62.6 Å². The van der Waals surface area contributed by atoms with Crippen LogP contribution in [-0.2, 0) is 6.42 Å². The number of hydrogen-bond donors (Lipinski definition) is 1. The van der Waals surface area contributed by atoms with E-state index in [1.807, 2.05) is 12.2 Å². The van der Waals surface area contributed by atoms with E-state index in [4.69, 9.17) is 5.73 Å². The third kappa shape index (κ3) is 4.27. The summed E-state index contributed by atoms with van der Waals surface area (Å²) in [5.41, 5.74) is 10.7. The second-order valence-corrected chi connectivity index (χ2v) is 5.63. The van der Waals surface area contributed by atoms with Gasteiger partial charge in [-0.2, -0.15) is 0 Å². The zero-order valence-electron chi connectivity index (χ0n) is 14.2. The van der Waals surface area contributed by atoms with E-state index in [1.165, 1.54) is 16.3 Å². The average Bonchev–Trinajstić information content (AvgIpc) is 2.54. The lowest BCUT2D eigenvalue weighted by Crippen LogP contribution is -2.30. The summed E-state index contributed by atoms with van der Waals surface area (Å²) in [6, 6.07) is 2.22. The van der Waals surface area contributed by atoms with Crippen LogP contribution in [0.1, 0.15) is 44.2 Å². The van der Waals surface area contributed by atoms with Crippen molar-refractivity contribution in [2.45, 2.75) is 39.5 Å². The highest BCUT2D eigenvalue weighted by Gasteiger charge is 2.07. The number of fused-ring (bicyclic) bond motifs is 1. The maximum Gasteiger partial charge on any atom is 0.0429 e. The number of rotatable bonds is 1. The lowest BCUT2D eigenvalue weighted by molar-refractivity contribution is 1.02. The van der Waals surface area contributed by atoms with Crippen molar-refractivity contribution in [2.24, 2.45) is 0 Å². The van der Waals surface area contributed by atoms with Crippen LogP contribution in [0.5, 0.6) is 0 Å². The van der Waals surface area contributed by atoms with Crippen LogP contribution in [0.3, 0.4) is 0 Å². The van der Waals surface area contributed by atoms with Crippen LogP contribution in [0.15, 0.2) is 36.4 Å². The third-order valence-electron chi connectivity index (χ3n) is 3.96. The fourth-order valence-corrected chi connectivity index (χ4v) is 2.77. The maximum absolute atomic E-state index is 6.51. The molecular formula is C22H25N. The average molecular weight is 303 g/mol. The molecule has 0 aliphatic heterocycles. The van der Waals surface area contributed by atoms with Crippen molar-refractivity contribution in [3.05, 3.63) is 58.0 Å². The van der Waals surface area contributed by atoms with Crippen molar-refractivity contribution in [3.63, 3.8) is 0 Å². The summed E-state index contributed by atoms with van der Waals surface area (Å²) in [6.45, 7) is 8.26. The molecular weight excluding hydrogens is 278 g/mol. The zero-order valence-corrected chi connectivity index (χ0v) is 14.2. The number of nitrogens with two attached hydrogens (primary N) is 1. The molecule has 1 aliphatic rings. The van der Waals surface area contributed by atoms with E-state index in [0.29, 0.717) is 0 Å². The highest BCUT2D eigenvalue weighted by Crippen LogP contribution is 2.17. The zero-order chi connectivity index (χ0) is 16.7. The minimum atomic E-state index is 0.772. The van der Waals surface area contributed by atoms with Gasteiger partial charge in [-0.15, -0.1) is 5.92 Å². The predicted molar refractivity (Wildman–Crippen MR) is 103 cm³/mol. The standard InChI is InChI=1S/C22H25N/c1-4-11-20-18(5-2)16-19-15-14-17(3)12-9-7-6-8-10-13-21(19)22(20)23/h5,9,11-12,14-16H,3-4,7,10,13,23H2,1-2H3/b12-9-,15-14-,18-5-,20-11+. The molecule has 118 valence electrons. The van der Waals surface area contributed by atoms with Crippen LogP contribution in [0.25, 0.3) is 18.2 Å². The minimum Gasteiger partial charge on any atom is -0.398 e. The molecule has 0 bridgehead atoms. The van der Waals surface area contributed by atoms with Gasteiger partial charge in [0.1, 0.15) is 0 Å². The molecule has 0 unspecified atom stereocenters. The molecule has 2 N–H and O–H groups in total. The Bertz CT molecular complexity index is 823. The molecule has 0 spiro atoms. The minimum absolute atomic E-state index is 0.772. The SMILES string of the molecule is C=C1/C=C\CC#CCCc2c(cc(=C/C)/c(=C\CC)c2N)/C=C\1. The first-order valence-corrected chi connectivity index (χ1v) is 8.24. The van der Waals surface area contributed by atoms with Gasteiger partial charge in [-0.3, -0.25) is 0 Å². The second kappa shape index (κ2) is 8.25. The van der Waals surface area contributed by atoms with Gasteiger partial charge in [-0.25, -0.2) is 0 Å². The van der Waals surface area contributed by atoms with Gasteiger partial charge in [0.25, 0.3) is 0 Å². The lowest BCUT2D eigenvalue weighted by Gasteiger charge is -2.11. The number of nitrogen functional groups attached to an aromatic ring is 1. The Morgan fingerprint density at radius 1 is 1.26 bits per heavy atom. The van der Waals surface area contributed by atoms with Crippen molar-refractivity contribution in [3.8, 4) is 11.8 Å². The smallest absolute Gasteiger partial charge is 0.0429 e. The van der Waals surface area contributed by atoms with Gasteiger partial charge < -0.3 is 5.73 Å². The summed E-state index contributed by atoms with van der Waals surface area (Å²) >= 11 is 0. The highest BCUT2D eigenvalue weighted by molar-refractivity contribution is 5.67. The van der Waals surface area contributed by atoms with E-state index in [-0.39, 0.29) is 0 Å². The van der Waals surface area contributed by atoms with Gasteiger partial charge in [-0.05, 0) is 47.8 Å². The van der Waals surface area contributed by atoms with Crippen molar-refractivity contribution < 1.29 is 0 Å². The number of benzene rings is 1. The van der Waals surface area contributed by atoms with Crippen LogP contribution >= 0.6 is 0 Å². The molecule has 1 aliphatic carbocycles. The topological polar surface area (TPSA) is 26.0 Å².